The van der Waals surface area contributed by atoms with Crippen LogP contribution in [0.15, 0.2) is 72.0 Å². The zero-order chi connectivity index (χ0) is 31.1. The molecule has 11 heteroatoms. The lowest BCUT2D eigenvalue weighted by molar-refractivity contribution is -0.141. The van der Waals surface area contributed by atoms with E-state index in [1.165, 1.54) is 12.4 Å². The van der Waals surface area contributed by atoms with E-state index >= 15 is 0 Å². The van der Waals surface area contributed by atoms with E-state index in [0.29, 0.717) is 34.2 Å². The minimum atomic E-state index is -0.965. The van der Waals surface area contributed by atoms with Crippen LogP contribution in [0.3, 0.4) is 0 Å². The fourth-order valence-electron chi connectivity index (χ4n) is 5.26. The number of carbonyl (C=O) groups is 2. The second-order valence-electron chi connectivity index (χ2n) is 10.6. The van der Waals surface area contributed by atoms with E-state index in [9.17, 15) is 20.0 Å². The molecule has 0 saturated heterocycles. The number of carboxylic acids is 1. The van der Waals surface area contributed by atoms with Gasteiger partial charge in [-0.1, -0.05) is 30.3 Å². The maximum absolute atomic E-state index is 12.6. The Morgan fingerprint density at radius 1 is 1.00 bits per heavy atom. The van der Waals surface area contributed by atoms with Gasteiger partial charge in [0.25, 0.3) is 5.91 Å². The third kappa shape index (κ3) is 4.95. The first kappa shape index (κ1) is 28.6. The number of fused-ring (bicyclic) bond motifs is 3. The Morgan fingerprint density at radius 3 is 2.36 bits per heavy atom. The summed E-state index contributed by atoms with van der Waals surface area (Å²) in [4.78, 5) is 34.9. The highest BCUT2D eigenvalue weighted by atomic mass is 32.1. The second kappa shape index (κ2) is 11.3. The van der Waals surface area contributed by atoms with Crippen molar-refractivity contribution in [2.45, 2.75) is 33.7 Å². The fraction of sp³-hybridized carbons (Fsp3) is 0.182. The topological polar surface area (TPSA) is 146 Å². The van der Waals surface area contributed by atoms with E-state index in [1.54, 1.807) is 42.5 Å². The SMILES string of the molecule is Cc1sc2c(c1C)C(c1ccc(-c3ccc(NC(=O)c4ccncc4)c(C#N)c3)cc1)=N[C@@H](C(C)C(=O)O)c1nnc(C)n1-2. The number of amides is 1. The molecule has 1 aliphatic heterocycles. The van der Waals surface area contributed by atoms with E-state index in [4.69, 9.17) is 4.99 Å². The molecule has 1 unspecified atom stereocenters. The van der Waals surface area contributed by atoms with Crippen molar-refractivity contribution < 1.29 is 14.7 Å². The highest BCUT2D eigenvalue weighted by Gasteiger charge is 2.36. The molecular formula is C33H27N7O3S. The number of carbonyl (C=O) groups excluding carboxylic acids is 1. The maximum atomic E-state index is 12.6. The van der Waals surface area contributed by atoms with Gasteiger partial charge in [0.2, 0.25) is 0 Å². The molecule has 2 aromatic carbocycles. The number of carboxylic acid groups (broad SMARTS) is 1. The van der Waals surface area contributed by atoms with E-state index in [-0.39, 0.29) is 5.91 Å². The molecule has 0 saturated carbocycles. The van der Waals surface area contributed by atoms with Crippen molar-refractivity contribution in [1.29, 1.82) is 5.26 Å². The number of thiophene rings is 1. The summed E-state index contributed by atoms with van der Waals surface area (Å²) < 4.78 is 1.94. The van der Waals surface area contributed by atoms with Crippen LogP contribution in [0.5, 0.6) is 0 Å². The van der Waals surface area contributed by atoms with Crippen molar-refractivity contribution in [2.75, 3.05) is 5.32 Å². The fourth-order valence-corrected chi connectivity index (χ4v) is 6.47. The van der Waals surface area contributed by atoms with Crippen molar-refractivity contribution >= 4 is 34.6 Å². The molecule has 1 aliphatic rings. The van der Waals surface area contributed by atoms with E-state index in [0.717, 1.165) is 37.7 Å². The summed E-state index contributed by atoms with van der Waals surface area (Å²) in [5.41, 5.74) is 6.40. The Hall–Kier alpha value is -5.47. The first-order valence-corrected chi connectivity index (χ1v) is 14.7. The molecule has 0 spiro atoms. The normalized spacial score (nSPS) is 14.4. The summed E-state index contributed by atoms with van der Waals surface area (Å²) in [5.74, 6) is -0.944. The van der Waals surface area contributed by atoms with Crippen LogP contribution in [-0.4, -0.2) is 42.4 Å². The summed E-state index contributed by atoms with van der Waals surface area (Å²) in [7, 11) is 0. The molecule has 5 aromatic rings. The van der Waals surface area contributed by atoms with Crippen LogP contribution in [0.2, 0.25) is 0 Å². The number of nitrogens with zero attached hydrogens (tertiary/aromatic N) is 6. The Kier molecular flexibility index (Phi) is 7.36. The second-order valence-corrected chi connectivity index (χ2v) is 11.8. The first-order valence-electron chi connectivity index (χ1n) is 13.9. The number of aromatic nitrogens is 4. The van der Waals surface area contributed by atoms with Gasteiger partial charge in [-0.25, -0.2) is 0 Å². The number of aliphatic carboxylic acids is 1. The van der Waals surface area contributed by atoms with Crippen LogP contribution in [-0.2, 0) is 4.79 Å². The summed E-state index contributed by atoms with van der Waals surface area (Å²) in [6.07, 6.45) is 3.07. The number of pyridine rings is 1. The summed E-state index contributed by atoms with van der Waals surface area (Å²) in [5, 5.41) is 32.2. The average Bonchev–Trinajstić information content (AvgIpc) is 3.50. The zero-order valence-electron chi connectivity index (χ0n) is 24.4. The monoisotopic (exact) mass is 601 g/mol. The lowest BCUT2D eigenvalue weighted by atomic mass is 9.95. The van der Waals surface area contributed by atoms with E-state index < -0.39 is 17.9 Å². The quantitative estimate of drug-likeness (QED) is 0.241. The van der Waals surface area contributed by atoms with E-state index in [2.05, 4.69) is 33.5 Å². The van der Waals surface area contributed by atoms with E-state index in [1.807, 2.05) is 48.7 Å². The van der Waals surface area contributed by atoms with Crippen LogP contribution >= 0.6 is 11.3 Å². The first-order chi connectivity index (χ1) is 21.2. The van der Waals surface area contributed by atoms with Gasteiger partial charge in [0.15, 0.2) is 5.82 Å². The van der Waals surface area contributed by atoms with Gasteiger partial charge >= 0.3 is 5.97 Å². The van der Waals surface area contributed by atoms with Crippen LogP contribution in [0.4, 0.5) is 5.69 Å². The molecule has 6 rings (SSSR count). The van der Waals surface area contributed by atoms with Gasteiger partial charge in [-0.3, -0.25) is 24.1 Å². The number of nitrogens with one attached hydrogen (secondary N) is 1. The highest BCUT2D eigenvalue weighted by molar-refractivity contribution is 7.15. The van der Waals surface area contributed by atoms with Crippen LogP contribution < -0.4 is 5.32 Å². The standard InChI is InChI=1S/C33H27N7O3S/c1-17-19(3)44-32-27(17)29(37-28(18(2)33(42)43)30-39-38-20(4)40(30)32)22-7-5-21(6-8-22)24-9-10-26(25(15-24)16-34)36-31(41)23-11-13-35-14-12-23/h5-15,18,28H,1-4H3,(H,36,41)(H,42,43)/t18?,28-/m0/s1. The van der Waals surface area contributed by atoms with Gasteiger partial charge < -0.3 is 10.4 Å². The van der Waals surface area contributed by atoms with Crippen molar-refractivity contribution in [3.05, 3.63) is 111 Å². The van der Waals surface area contributed by atoms with Crippen molar-refractivity contribution in [3.63, 3.8) is 0 Å². The number of hydrogen-bond donors (Lipinski definition) is 2. The summed E-state index contributed by atoms with van der Waals surface area (Å²) in [6, 6.07) is 17.8. The Bertz CT molecular complexity index is 2000. The zero-order valence-corrected chi connectivity index (χ0v) is 25.2. The smallest absolute Gasteiger partial charge is 0.308 e. The molecule has 3 aromatic heterocycles. The number of hydrogen-bond acceptors (Lipinski definition) is 8. The minimum absolute atomic E-state index is 0.327. The Labute approximate surface area is 257 Å². The molecule has 218 valence electrons. The maximum Gasteiger partial charge on any atom is 0.308 e. The molecule has 44 heavy (non-hydrogen) atoms. The summed E-state index contributed by atoms with van der Waals surface area (Å²) in [6.45, 7) is 7.60. The molecule has 2 atom stereocenters. The largest absolute Gasteiger partial charge is 0.481 e. The van der Waals surface area contributed by atoms with Crippen LogP contribution in [0.25, 0.3) is 16.1 Å². The molecule has 10 nitrogen and oxygen atoms in total. The summed E-state index contributed by atoms with van der Waals surface area (Å²) >= 11 is 1.61. The van der Waals surface area contributed by atoms with Gasteiger partial charge in [0.05, 0.1) is 22.9 Å². The molecule has 0 bridgehead atoms. The van der Waals surface area contributed by atoms with Gasteiger partial charge in [-0.15, -0.1) is 21.5 Å². The van der Waals surface area contributed by atoms with Gasteiger partial charge in [0.1, 0.15) is 22.9 Å². The predicted octanol–water partition coefficient (Wildman–Crippen LogP) is 6.05. The number of aliphatic imine (C=N–C) groups is 1. The number of aryl methyl sites for hydroxylation is 2. The molecule has 1 amide bonds. The molecule has 0 radical (unpaired) electrons. The number of rotatable bonds is 6. The van der Waals surface area contributed by atoms with Crippen LogP contribution in [0, 0.1) is 38.0 Å². The predicted molar refractivity (Wildman–Crippen MR) is 167 cm³/mol. The van der Waals surface area contributed by atoms with Crippen molar-refractivity contribution in [3.8, 4) is 22.2 Å². The molecule has 2 N–H and O–H groups in total. The minimum Gasteiger partial charge on any atom is -0.481 e. The van der Waals surface area contributed by atoms with Crippen molar-refractivity contribution in [1.82, 2.24) is 19.7 Å². The van der Waals surface area contributed by atoms with Gasteiger partial charge in [-0.2, -0.15) is 5.26 Å². The van der Waals surface area contributed by atoms with Crippen molar-refractivity contribution in [2.24, 2.45) is 10.9 Å². The van der Waals surface area contributed by atoms with Gasteiger partial charge in [-0.05, 0) is 68.7 Å². The molecule has 4 heterocycles. The number of anilines is 1. The molecular weight excluding hydrogens is 574 g/mol. The van der Waals surface area contributed by atoms with Gasteiger partial charge in [0, 0.05) is 34.0 Å². The average molecular weight is 602 g/mol. The molecule has 0 fully saturated rings. The van der Waals surface area contributed by atoms with Crippen LogP contribution in [0.1, 0.15) is 62.1 Å². The number of nitriles is 1. The molecule has 0 aliphatic carbocycles. The third-order valence-electron chi connectivity index (χ3n) is 7.87. The number of benzene rings is 2. The lowest BCUT2D eigenvalue weighted by Crippen LogP contribution is -2.21. The Morgan fingerprint density at radius 2 is 1.68 bits per heavy atom. The third-order valence-corrected chi connectivity index (χ3v) is 9.07. The Balaban J connectivity index is 1.38. The lowest BCUT2D eigenvalue weighted by Gasteiger charge is -2.16. The highest BCUT2D eigenvalue weighted by Crippen LogP contribution is 2.41.